The van der Waals surface area contributed by atoms with Gasteiger partial charge in [-0.25, -0.2) is 14.2 Å². The molecule has 7 heteroatoms. The number of nitrogens with zero attached hydrogens (tertiary/aromatic N) is 2. The molecule has 1 fully saturated rings. The maximum atomic E-state index is 12.7. The molecule has 0 aromatic carbocycles. The predicted molar refractivity (Wildman–Crippen MR) is 57.3 cm³/mol. The van der Waals surface area contributed by atoms with Gasteiger partial charge in [-0.3, -0.25) is 4.79 Å². The van der Waals surface area contributed by atoms with Crippen molar-refractivity contribution < 1.29 is 24.2 Å². The first-order chi connectivity index (χ1) is 8.49. The minimum absolute atomic E-state index is 0.0116. The van der Waals surface area contributed by atoms with Crippen LogP contribution in [-0.4, -0.2) is 50.7 Å². The molecule has 2 heterocycles. The lowest BCUT2D eigenvalue weighted by molar-refractivity contribution is -0.141. The molecule has 1 amide bonds. The number of likely N-dealkylation sites (tertiary alicyclic amines) is 1. The Morgan fingerprint density at radius 1 is 1.44 bits per heavy atom. The molecule has 96 valence electrons. The first kappa shape index (κ1) is 12.4. The number of carboxylic acids is 1. The van der Waals surface area contributed by atoms with Crippen molar-refractivity contribution in [3.05, 3.63) is 29.8 Å². The van der Waals surface area contributed by atoms with Crippen LogP contribution in [0, 0.1) is 5.82 Å². The third-order valence-electron chi connectivity index (χ3n) is 2.77. The van der Waals surface area contributed by atoms with Crippen molar-refractivity contribution in [2.24, 2.45) is 0 Å². The highest BCUT2D eigenvalue weighted by Crippen LogP contribution is 2.20. The van der Waals surface area contributed by atoms with Gasteiger partial charge >= 0.3 is 5.97 Å². The number of amides is 1. The minimum atomic E-state index is -1.18. The minimum Gasteiger partial charge on any atom is -0.480 e. The third kappa shape index (κ3) is 2.30. The molecule has 18 heavy (non-hydrogen) atoms. The number of β-amino-alcohol motifs (C(OH)–C–C–N with tert-alkyl or cyclic N) is 1. The highest BCUT2D eigenvalue weighted by molar-refractivity contribution is 5.95. The number of hydrogen-bond acceptors (Lipinski definition) is 4. The highest BCUT2D eigenvalue weighted by Gasteiger charge is 2.39. The number of aliphatic hydroxyl groups is 1. The van der Waals surface area contributed by atoms with E-state index in [1.54, 1.807) is 0 Å². The molecule has 2 N–H and O–H groups in total. The molecule has 6 nitrogen and oxygen atoms in total. The Labute approximate surface area is 102 Å². The van der Waals surface area contributed by atoms with E-state index in [4.69, 9.17) is 5.11 Å². The van der Waals surface area contributed by atoms with Gasteiger partial charge in [-0.05, 0) is 12.1 Å². The Kier molecular flexibility index (Phi) is 3.24. The number of carbonyl (C=O) groups is 2. The number of aliphatic hydroxyl groups excluding tert-OH is 1. The number of aliphatic carboxylic acids is 1. The molecule has 1 aliphatic rings. The summed E-state index contributed by atoms with van der Waals surface area (Å²) in [5.74, 6) is -2.39. The molecule has 0 radical (unpaired) electrons. The number of halogens is 1. The SMILES string of the molecule is O=C(O)[C@@H]1C[C@H](O)CN1C(=O)c1ccc(F)cn1. The lowest BCUT2D eigenvalue weighted by Crippen LogP contribution is -2.40. The van der Waals surface area contributed by atoms with Crippen LogP contribution in [0.3, 0.4) is 0 Å². The van der Waals surface area contributed by atoms with Gasteiger partial charge in [0.25, 0.3) is 5.91 Å². The van der Waals surface area contributed by atoms with Gasteiger partial charge in [-0.1, -0.05) is 0 Å². The molecule has 0 bridgehead atoms. The van der Waals surface area contributed by atoms with Crippen LogP contribution in [0.4, 0.5) is 4.39 Å². The predicted octanol–water partition coefficient (Wildman–Crippen LogP) is -0.119. The van der Waals surface area contributed by atoms with E-state index in [1.165, 1.54) is 6.07 Å². The van der Waals surface area contributed by atoms with Crippen LogP contribution >= 0.6 is 0 Å². The number of carboxylic acid groups (broad SMARTS) is 1. The normalized spacial score (nSPS) is 23.1. The summed E-state index contributed by atoms with van der Waals surface area (Å²) in [5.41, 5.74) is -0.0447. The van der Waals surface area contributed by atoms with E-state index in [0.717, 1.165) is 17.2 Å². The van der Waals surface area contributed by atoms with Gasteiger partial charge in [0.1, 0.15) is 17.6 Å². The van der Waals surface area contributed by atoms with Gasteiger partial charge in [0.05, 0.1) is 12.3 Å². The molecule has 0 spiro atoms. The smallest absolute Gasteiger partial charge is 0.326 e. The molecule has 0 unspecified atom stereocenters. The summed E-state index contributed by atoms with van der Waals surface area (Å²) >= 11 is 0. The lowest BCUT2D eigenvalue weighted by Gasteiger charge is -2.20. The van der Waals surface area contributed by atoms with E-state index in [1.807, 2.05) is 0 Å². The van der Waals surface area contributed by atoms with Crippen LogP contribution in [0.1, 0.15) is 16.9 Å². The van der Waals surface area contributed by atoms with Crippen LogP contribution in [0.15, 0.2) is 18.3 Å². The Hall–Kier alpha value is -2.02. The Balaban J connectivity index is 2.22. The Morgan fingerprint density at radius 2 is 2.17 bits per heavy atom. The molecule has 1 aliphatic heterocycles. The van der Waals surface area contributed by atoms with Crippen molar-refractivity contribution in [1.82, 2.24) is 9.88 Å². The molecule has 0 aliphatic carbocycles. The highest BCUT2D eigenvalue weighted by atomic mass is 19.1. The van der Waals surface area contributed by atoms with Gasteiger partial charge in [-0.2, -0.15) is 0 Å². The molecule has 1 aromatic rings. The maximum absolute atomic E-state index is 12.7. The van der Waals surface area contributed by atoms with Crippen LogP contribution in [0.2, 0.25) is 0 Å². The summed E-state index contributed by atoms with van der Waals surface area (Å²) in [4.78, 5) is 27.6. The standard InChI is InChI=1S/C11H11FN2O4/c12-6-1-2-8(13-4-6)10(16)14-5-7(15)3-9(14)11(17)18/h1-2,4,7,9,15H,3,5H2,(H,17,18)/t7-,9-/m0/s1. The monoisotopic (exact) mass is 254 g/mol. The van der Waals surface area contributed by atoms with E-state index in [0.29, 0.717) is 0 Å². The zero-order valence-electron chi connectivity index (χ0n) is 9.28. The molecule has 2 rings (SSSR count). The second-order valence-electron chi connectivity index (χ2n) is 4.06. The van der Waals surface area contributed by atoms with E-state index in [9.17, 15) is 19.1 Å². The number of hydrogen-bond donors (Lipinski definition) is 2. The Bertz CT molecular complexity index is 476. The number of pyridine rings is 1. The Morgan fingerprint density at radius 3 is 2.72 bits per heavy atom. The van der Waals surface area contributed by atoms with Crippen LogP contribution in [0.25, 0.3) is 0 Å². The third-order valence-corrected chi connectivity index (χ3v) is 2.77. The first-order valence-electron chi connectivity index (χ1n) is 5.32. The fraction of sp³-hybridized carbons (Fsp3) is 0.364. The van der Waals surface area contributed by atoms with Crippen molar-refractivity contribution >= 4 is 11.9 Å². The topological polar surface area (TPSA) is 90.7 Å². The van der Waals surface area contributed by atoms with E-state index in [-0.39, 0.29) is 18.7 Å². The van der Waals surface area contributed by atoms with Crippen molar-refractivity contribution in [2.45, 2.75) is 18.6 Å². The fourth-order valence-corrected chi connectivity index (χ4v) is 1.92. The van der Waals surface area contributed by atoms with Gasteiger partial charge in [0.15, 0.2) is 0 Å². The first-order valence-corrected chi connectivity index (χ1v) is 5.32. The number of aromatic nitrogens is 1. The second-order valence-corrected chi connectivity index (χ2v) is 4.06. The average Bonchev–Trinajstić information content (AvgIpc) is 2.71. The molecule has 2 atom stereocenters. The molecule has 0 saturated carbocycles. The molecular formula is C11H11FN2O4. The van der Waals surface area contributed by atoms with Gasteiger partial charge in [0, 0.05) is 13.0 Å². The molecule has 1 aromatic heterocycles. The van der Waals surface area contributed by atoms with E-state index in [2.05, 4.69) is 4.98 Å². The van der Waals surface area contributed by atoms with Gasteiger partial charge in [0.2, 0.25) is 0 Å². The summed E-state index contributed by atoms with van der Waals surface area (Å²) in [5, 5.41) is 18.4. The van der Waals surface area contributed by atoms with Crippen molar-refractivity contribution in [1.29, 1.82) is 0 Å². The van der Waals surface area contributed by atoms with Crippen molar-refractivity contribution in [3.8, 4) is 0 Å². The van der Waals surface area contributed by atoms with Crippen LogP contribution < -0.4 is 0 Å². The molecular weight excluding hydrogens is 243 g/mol. The van der Waals surface area contributed by atoms with Crippen molar-refractivity contribution in [2.75, 3.05) is 6.54 Å². The lowest BCUT2D eigenvalue weighted by atomic mass is 10.2. The maximum Gasteiger partial charge on any atom is 0.326 e. The zero-order chi connectivity index (χ0) is 13.3. The van der Waals surface area contributed by atoms with Crippen molar-refractivity contribution in [3.63, 3.8) is 0 Å². The van der Waals surface area contributed by atoms with E-state index >= 15 is 0 Å². The molecule has 1 saturated heterocycles. The summed E-state index contributed by atoms with van der Waals surface area (Å²) in [6, 6.07) is 1.18. The average molecular weight is 254 g/mol. The largest absolute Gasteiger partial charge is 0.480 e. The summed E-state index contributed by atoms with van der Waals surface area (Å²) < 4.78 is 12.7. The van der Waals surface area contributed by atoms with Gasteiger partial charge < -0.3 is 15.1 Å². The quantitative estimate of drug-likeness (QED) is 0.767. The summed E-state index contributed by atoms with van der Waals surface area (Å²) in [7, 11) is 0. The zero-order valence-corrected chi connectivity index (χ0v) is 9.28. The summed E-state index contributed by atoms with van der Waals surface area (Å²) in [6.45, 7) is -0.0607. The van der Waals surface area contributed by atoms with Gasteiger partial charge in [-0.15, -0.1) is 0 Å². The van der Waals surface area contributed by atoms with E-state index < -0.39 is 29.8 Å². The van der Waals surface area contributed by atoms with Crippen LogP contribution in [0.5, 0.6) is 0 Å². The second kappa shape index (κ2) is 4.69. The fourth-order valence-electron chi connectivity index (χ4n) is 1.92. The van der Waals surface area contributed by atoms with Crippen LogP contribution in [-0.2, 0) is 4.79 Å². The number of rotatable bonds is 2. The summed E-state index contributed by atoms with van der Waals surface area (Å²) in [6.07, 6.45) is 0.00751. The number of carbonyl (C=O) groups excluding carboxylic acids is 1.